The first-order chi connectivity index (χ1) is 18.2. The Morgan fingerprint density at radius 2 is 1.92 bits per heavy atom. The number of aromatic nitrogens is 4. The van der Waals surface area contributed by atoms with Gasteiger partial charge in [-0.25, -0.2) is 27.2 Å². The summed E-state index contributed by atoms with van der Waals surface area (Å²) in [7, 11) is -4.48. The van der Waals surface area contributed by atoms with Crippen molar-refractivity contribution in [3.05, 3.63) is 40.6 Å². The largest absolute Gasteiger partial charge is 0.390 e. The van der Waals surface area contributed by atoms with Crippen LogP contribution in [-0.2, 0) is 10.0 Å². The minimum absolute atomic E-state index is 0.0189. The van der Waals surface area contributed by atoms with Gasteiger partial charge in [-0.05, 0) is 51.7 Å². The lowest BCUT2D eigenvalue weighted by molar-refractivity contribution is -0.129. The number of hydrogen-bond acceptors (Lipinski definition) is 7. The van der Waals surface area contributed by atoms with Crippen molar-refractivity contribution in [3.63, 3.8) is 0 Å². The number of alkyl halides is 4. The van der Waals surface area contributed by atoms with Crippen LogP contribution in [0.15, 0.2) is 29.2 Å². The van der Waals surface area contributed by atoms with Crippen molar-refractivity contribution in [1.82, 2.24) is 19.5 Å². The molecule has 2 atom stereocenters. The number of fused-ring (bicyclic) bond motifs is 1. The van der Waals surface area contributed by atoms with Gasteiger partial charge < -0.3 is 5.32 Å². The maximum atomic E-state index is 14.8. The summed E-state index contributed by atoms with van der Waals surface area (Å²) in [5, 5.41) is 3.11. The van der Waals surface area contributed by atoms with Crippen LogP contribution in [0.2, 0.25) is 0 Å². The lowest BCUT2D eigenvalue weighted by Gasteiger charge is -2.25. The summed E-state index contributed by atoms with van der Waals surface area (Å²) in [4.78, 5) is 26.4. The maximum absolute atomic E-state index is 14.8. The molecule has 15 heteroatoms. The third-order valence-corrected chi connectivity index (χ3v) is 7.53. The third-order valence-electron chi connectivity index (χ3n) is 6.25. The number of rotatable bonds is 8. The molecular weight excluding hydrogens is 547 g/mol. The first kappa shape index (κ1) is 28.6. The van der Waals surface area contributed by atoms with E-state index in [1.165, 1.54) is 16.8 Å². The van der Waals surface area contributed by atoms with Crippen LogP contribution < -0.4 is 15.6 Å². The molecule has 0 unspecified atom stereocenters. The Morgan fingerprint density at radius 1 is 1.18 bits per heavy atom. The summed E-state index contributed by atoms with van der Waals surface area (Å²) >= 11 is 0. The fraction of sp³-hybridized carbons (Fsp3) is 0.500. The van der Waals surface area contributed by atoms with E-state index in [1.807, 2.05) is 0 Å². The Bertz CT molecular complexity index is 1530. The van der Waals surface area contributed by atoms with E-state index < -0.39 is 51.6 Å². The Kier molecular flexibility index (Phi) is 8.09. The van der Waals surface area contributed by atoms with Crippen molar-refractivity contribution in [1.29, 1.82) is 0 Å². The van der Waals surface area contributed by atoms with Crippen molar-refractivity contribution in [2.45, 2.75) is 70.4 Å². The summed E-state index contributed by atoms with van der Waals surface area (Å²) in [5.41, 5.74) is -0.847. The minimum Gasteiger partial charge on any atom is -0.351 e. The second-order valence-electron chi connectivity index (χ2n) is 9.72. The lowest BCUT2D eigenvalue weighted by atomic mass is 9.94. The zero-order valence-corrected chi connectivity index (χ0v) is 21.9. The highest BCUT2D eigenvalue weighted by Gasteiger charge is 2.30. The van der Waals surface area contributed by atoms with Crippen molar-refractivity contribution < 1.29 is 30.4 Å². The number of benzene rings is 1. The molecule has 0 amide bonds. The molecule has 9 nitrogen and oxygen atoms in total. The van der Waals surface area contributed by atoms with Crippen LogP contribution in [0, 0.1) is 5.82 Å². The molecule has 1 saturated carbocycles. The third kappa shape index (κ3) is 6.99. The topological polar surface area (TPSA) is 119 Å². The second-order valence-corrected chi connectivity index (χ2v) is 11.6. The Hall–Kier alpha value is -3.36. The van der Waals surface area contributed by atoms with Crippen LogP contribution in [0.5, 0.6) is 0 Å². The van der Waals surface area contributed by atoms with Crippen LogP contribution in [0.25, 0.3) is 22.4 Å². The first-order valence-corrected chi connectivity index (χ1v) is 13.9. The van der Waals surface area contributed by atoms with E-state index in [0.29, 0.717) is 12.8 Å². The Balaban J connectivity index is 1.66. The molecule has 0 radical (unpaired) electrons. The van der Waals surface area contributed by atoms with Gasteiger partial charge in [-0.3, -0.25) is 14.1 Å². The van der Waals surface area contributed by atoms with E-state index in [4.69, 9.17) is 0 Å². The number of sulfonamides is 1. The molecule has 1 aliphatic rings. The van der Waals surface area contributed by atoms with Gasteiger partial charge in [-0.1, -0.05) is 6.07 Å². The highest BCUT2D eigenvalue weighted by atomic mass is 32.2. The standard InChI is InChI=1S/C24H27F5N6O3S/c1-13(2)35-21-19(12-30-23(33-21)31-16-5-3-4-15(25)11-16)32-20(22(35)36)14-6-7-18(17(26)10-14)34-39(37,38)9-8-24(27,28)29/h6-7,10,12-13,15-16,34H,3-5,8-9,11H2,1-2H3,(H,30,31,33)/t15-,16+/m0/s1. The molecule has 2 aromatic heterocycles. The normalized spacial score (nSPS) is 18.5. The molecule has 4 rings (SSSR count). The summed E-state index contributed by atoms with van der Waals surface area (Å²) in [5.74, 6) is -2.15. The molecule has 2 N–H and O–H groups in total. The van der Waals surface area contributed by atoms with Gasteiger partial charge in [0.25, 0.3) is 5.56 Å². The second kappa shape index (κ2) is 11.0. The van der Waals surface area contributed by atoms with Crippen molar-refractivity contribution in [2.24, 2.45) is 0 Å². The number of nitrogens with one attached hydrogen (secondary N) is 2. The molecule has 39 heavy (non-hydrogen) atoms. The highest BCUT2D eigenvalue weighted by molar-refractivity contribution is 7.92. The summed E-state index contributed by atoms with van der Waals surface area (Å²) in [6, 6.07) is 2.57. The number of hydrogen-bond donors (Lipinski definition) is 2. The summed E-state index contributed by atoms with van der Waals surface area (Å²) < 4.78 is 92.9. The first-order valence-electron chi connectivity index (χ1n) is 12.3. The molecule has 212 valence electrons. The van der Waals surface area contributed by atoms with Crippen LogP contribution >= 0.6 is 0 Å². The van der Waals surface area contributed by atoms with E-state index in [9.17, 15) is 35.2 Å². The minimum atomic E-state index is -4.69. The monoisotopic (exact) mass is 574 g/mol. The number of nitrogens with zero attached hydrogens (tertiary/aromatic N) is 4. The van der Waals surface area contributed by atoms with Gasteiger partial charge in [0.15, 0.2) is 5.65 Å². The lowest BCUT2D eigenvalue weighted by Crippen LogP contribution is -2.30. The SMILES string of the molecule is CC(C)n1c(=O)c(-c2ccc(NS(=O)(=O)CCC(F)(F)F)c(F)c2)nc2cnc(N[C@@H]3CCC[C@H](F)C3)nc21. The molecule has 1 aliphatic carbocycles. The van der Waals surface area contributed by atoms with Crippen LogP contribution in [-0.4, -0.2) is 52.1 Å². The van der Waals surface area contributed by atoms with Crippen molar-refractivity contribution in [2.75, 3.05) is 15.8 Å². The predicted molar refractivity (Wildman–Crippen MR) is 136 cm³/mol. The zero-order chi connectivity index (χ0) is 28.5. The zero-order valence-electron chi connectivity index (χ0n) is 21.1. The fourth-order valence-corrected chi connectivity index (χ4v) is 5.50. The molecule has 2 heterocycles. The molecule has 0 aliphatic heterocycles. The molecule has 0 bridgehead atoms. The average Bonchev–Trinajstić information content (AvgIpc) is 2.83. The molecule has 0 saturated heterocycles. The highest BCUT2D eigenvalue weighted by Crippen LogP contribution is 2.27. The van der Waals surface area contributed by atoms with Gasteiger partial charge in [0, 0.05) is 17.6 Å². The summed E-state index contributed by atoms with van der Waals surface area (Å²) in [6.45, 7) is 3.49. The summed E-state index contributed by atoms with van der Waals surface area (Å²) in [6.07, 6.45) is -3.46. The van der Waals surface area contributed by atoms with Gasteiger partial charge in [-0.15, -0.1) is 0 Å². The molecule has 0 spiro atoms. The molecule has 1 fully saturated rings. The molecular formula is C24H27F5N6O3S. The van der Waals surface area contributed by atoms with Crippen molar-refractivity contribution in [3.8, 4) is 11.3 Å². The maximum Gasteiger partial charge on any atom is 0.390 e. The smallest absolute Gasteiger partial charge is 0.351 e. The van der Waals surface area contributed by atoms with Gasteiger partial charge in [0.1, 0.15) is 23.2 Å². The van der Waals surface area contributed by atoms with Gasteiger partial charge in [-0.2, -0.15) is 18.2 Å². The van der Waals surface area contributed by atoms with Gasteiger partial charge in [0.2, 0.25) is 16.0 Å². The van der Waals surface area contributed by atoms with E-state index >= 15 is 0 Å². The molecule has 3 aromatic rings. The number of halogens is 5. The Morgan fingerprint density at radius 3 is 2.56 bits per heavy atom. The van der Waals surface area contributed by atoms with Crippen LogP contribution in [0.4, 0.5) is 33.6 Å². The molecule has 1 aromatic carbocycles. The van der Waals surface area contributed by atoms with E-state index in [1.54, 1.807) is 18.6 Å². The average molecular weight is 575 g/mol. The van der Waals surface area contributed by atoms with Crippen LogP contribution in [0.3, 0.4) is 0 Å². The van der Waals surface area contributed by atoms with E-state index in [0.717, 1.165) is 25.0 Å². The van der Waals surface area contributed by atoms with Crippen molar-refractivity contribution >= 4 is 32.8 Å². The van der Waals surface area contributed by atoms with E-state index in [-0.39, 0.29) is 40.5 Å². The number of anilines is 2. The fourth-order valence-electron chi connectivity index (χ4n) is 4.40. The predicted octanol–water partition coefficient (Wildman–Crippen LogP) is 4.96. The quantitative estimate of drug-likeness (QED) is 0.365. The Labute approximate surface area is 220 Å². The van der Waals surface area contributed by atoms with Gasteiger partial charge >= 0.3 is 6.18 Å². The van der Waals surface area contributed by atoms with E-state index in [2.05, 4.69) is 20.3 Å². The van der Waals surface area contributed by atoms with Crippen LogP contribution in [0.1, 0.15) is 52.0 Å². The van der Waals surface area contributed by atoms with Gasteiger partial charge in [0.05, 0.1) is 24.1 Å².